The molecule has 0 amide bonds. The summed E-state index contributed by atoms with van der Waals surface area (Å²) in [6.07, 6.45) is 2.39. The van der Waals surface area contributed by atoms with E-state index in [9.17, 15) is 20.4 Å². The lowest BCUT2D eigenvalue weighted by Gasteiger charge is -2.34. The normalized spacial score (nSPS) is 50.4. The molecule has 0 radical (unpaired) electrons. The lowest BCUT2D eigenvalue weighted by molar-refractivity contribution is -0.0582. The molecule has 0 aromatic heterocycles. The molecule has 2 fully saturated rings. The van der Waals surface area contributed by atoms with E-state index >= 15 is 0 Å². The van der Waals surface area contributed by atoms with Crippen molar-refractivity contribution in [3.8, 4) is 0 Å². The summed E-state index contributed by atoms with van der Waals surface area (Å²) in [4.78, 5) is 0. The molecule has 4 nitrogen and oxygen atoms in total. The molecule has 0 bridgehead atoms. The Morgan fingerprint density at radius 3 is 2.53 bits per heavy atom. The molecule has 112 valence electrons. The van der Waals surface area contributed by atoms with Crippen molar-refractivity contribution in [1.29, 1.82) is 0 Å². The van der Waals surface area contributed by atoms with Crippen LogP contribution in [0.3, 0.4) is 0 Å². The summed E-state index contributed by atoms with van der Waals surface area (Å²) in [7, 11) is 0. The number of fused-ring (bicyclic) bond motifs is 1. The Hall–Kier alpha value is -0.160. The number of aliphatic hydroxyl groups excluding tert-OH is 2. The van der Waals surface area contributed by atoms with E-state index in [1.54, 1.807) is 6.92 Å². The van der Waals surface area contributed by atoms with Gasteiger partial charge in [-0.3, -0.25) is 0 Å². The maximum absolute atomic E-state index is 10.7. The van der Waals surface area contributed by atoms with Gasteiger partial charge in [0.05, 0.1) is 23.9 Å². The molecular weight excluding hydrogens is 244 g/mol. The van der Waals surface area contributed by atoms with Crippen LogP contribution in [-0.4, -0.2) is 44.3 Å². The summed E-state index contributed by atoms with van der Waals surface area (Å²) >= 11 is 0. The van der Waals surface area contributed by atoms with Gasteiger partial charge in [0.25, 0.3) is 0 Å². The smallest absolute Gasteiger partial charge is 0.0877 e. The number of aliphatic hydroxyl groups is 4. The molecule has 4 N–H and O–H groups in total. The molecule has 2 rings (SSSR count). The van der Waals surface area contributed by atoms with Crippen molar-refractivity contribution < 1.29 is 20.4 Å². The topological polar surface area (TPSA) is 80.9 Å². The van der Waals surface area contributed by atoms with Crippen LogP contribution in [0.1, 0.15) is 46.5 Å². The monoisotopic (exact) mass is 272 g/mol. The molecule has 1 unspecified atom stereocenters. The van der Waals surface area contributed by atoms with Crippen LogP contribution in [0.5, 0.6) is 0 Å². The standard InChI is InChI=1S/C15H28O4/c1-9-11-6-10(15(3,19)8-16)4-5-14(2,18)12(11)7-13(9)17/h9-13,16-19H,4-8H2,1-3H3/t9-,10-,11+,12-,13-,14-,15?/m1/s1. The highest BCUT2D eigenvalue weighted by Gasteiger charge is 2.52. The van der Waals surface area contributed by atoms with Gasteiger partial charge >= 0.3 is 0 Å². The van der Waals surface area contributed by atoms with E-state index in [1.807, 2.05) is 13.8 Å². The first kappa shape index (κ1) is 15.2. The Kier molecular flexibility index (Phi) is 4.00. The Morgan fingerprint density at radius 1 is 1.32 bits per heavy atom. The van der Waals surface area contributed by atoms with E-state index in [2.05, 4.69) is 0 Å². The number of hydrogen-bond acceptors (Lipinski definition) is 4. The molecule has 2 aliphatic rings. The third kappa shape index (κ3) is 2.68. The largest absolute Gasteiger partial charge is 0.393 e. The molecule has 0 aliphatic heterocycles. The fourth-order valence-corrected chi connectivity index (χ4v) is 4.19. The van der Waals surface area contributed by atoms with Crippen LogP contribution in [0.15, 0.2) is 0 Å². The molecule has 4 heteroatoms. The summed E-state index contributed by atoms with van der Waals surface area (Å²) in [5.41, 5.74) is -1.88. The summed E-state index contributed by atoms with van der Waals surface area (Å²) < 4.78 is 0. The molecule has 0 heterocycles. The van der Waals surface area contributed by atoms with Gasteiger partial charge < -0.3 is 20.4 Å². The Labute approximate surface area is 115 Å². The van der Waals surface area contributed by atoms with Crippen molar-refractivity contribution in [1.82, 2.24) is 0 Å². The van der Waals surface area contributed by atoms with Gasteiger partial charge in [0.1, 0.15) is 0 Å². The van der Waals surface area contributed by atoms with Crippen LogP contribution in [0.2, 0.25) is 0 Å². The molecule has 0 aromatic carbocycles. The molecule has 0 spiro atoms. The zero-order valence-electron chi connectivity index (χ0n) is 12.2. The van der Waals surface area contributed by atoms with Gasteiger partial charge in [-0.1, -0.05) is 6.92 Å². The van der Waals surface area contributed by atoms with E-state index in [0.717, 1.165) is 12.8 Å². The average molecular weight is 272 g/mol. The fourth-order valence-electron chi connectivity index (χ4n) is 4.19. The van der Waals surface area contributed by atoms with Crippen LogP contribution in [0, 0.1) is 23.7 Å². The third-order valence-corrected chi connectivity index (χ3v) is 5.85. The Morgan fingerprint density at radius 2 is 1.95 bits per heavy atom. The number of rotatable bonds is 2. The van der Waals surface area contributed by atoms with Gasteiger partial charge in [0.15, 0.2) is 0 Å². The van der Waals surface area contributed by atoms with E-state index < -0.39 is 11.2 Å². The van der Waals surface area contributed by atoms with Crippen LogP contribution >= 0.6 is 0 Å². The van der Waals surface area contributed by atoms with Gasteiger partial charge in [-0.2, -0.15) is 0 Å². The summed E-state index contributed by atoms with van der Waals surface area (Å²) in [5, 5.41) is 40.4. The second-order valence-corrected chi connectivity index (χ2v) is 7.28. The van der Waals surface area contributed by atoms with Gasteiger partial charge in [-0.05, 0) is 63.2 Å². The minimum absolute atomic E-state index is 0.0216. The zero-order chi connectivity index (χ0) is 14.4. The van der Waals surface area contributed by atoms with Crippen LogP contribution < -0.4 is 0 Å². The number of hydrogen-bond donors (Lipinski definition) is 4. The zero-order valence-corrected chi connectivity index (χ0v) is 12.2. The van der Waals surface area contributed by atoms with Crippen molar-refractivity contribution in [2.75, 3.05) is 6.61 Å². The second-order valence-electron chi connectivity index (χ2n) is 7.28. The molecule has 19 heavy (non-hydrogen) atoms. The Bertz CT molecular complexity index is 326. The first-order chi connectivity index (χ1) is 8.69. The lowest BCUT2D eigenvalue weighted by Crippen LogP contribution is -2.39. The maximum atomic E-state index is 10.7. The fraction of sp³-hybridized carbons (Fsp3) is 1.00. The minimum Gasteiger partial charge on any atom is -0.393 e. The van der Waals surface area contributed by atoms with Crippen molar-refractivity contribution >= 4 is 0 Å². The second kappa shape index (κ2) is 4.99. The maximum Gasteiger partial charge on any atom is 0.0877 e. The molecule has 2 aliphatic carbocycles. The van der Waals surface area contributed by atoms with Crippen molar-refractivity contribution in [3.63, 3.8) is 0 Å². The first-order valence-electron chi connectivity index (χ1n) is 7.42. The first-order valence-corrected chi connectivity index (χ1v) is 7.42. The summed E-state index contributed by atoms with van der Waals surface area (Å²) in [5.74, 6) is 0.436. The highest BCUT2D eigenvalue weighted by atomic mass is 16.3. The summed E-state index contributed by atoms with van der Waals surface area (Å²) in [6.45, 7) is 5.30. The minimum atomic E-state index is -1.10. The predicted octanol–water partition coefficient (Wildman–Crippen LogP) is 0.914. The third-order valence-electron chi connectivity index (χ3n) is 5.85. The Balaban J connectivity index is 2.25. The highest BCUT2D eigenvalue weighted by molar-refractivity contribution is 5.02. The lowest BCUT2D eigenvalue weighted by atomic mass is 9.76. The quantitative estimate of drug-likeness (QED) is 0.602. The molecule has 2 saturated carbocycles. The molecular formula is C15H28O4. The van der Waals surface area contributed by atoms with Gasteiger partial charge in [0.2, 0.25) is 0 Å². The van der Waals surface area contributed by atoms with Crippen molar-refractivity contribution in [2.45, 2.75) is 63.8 Å². The van der Waals surface area contributed by atoms with E-state index in [4.69, 9.17) is 0 Å². The average Bonchev–Trinajstić information content (AvgIpc) is 2.53. The van der Waals surface area contributed by atoms with Crippen molar-refractivity contribution in [2.24, 2.45) is 23.7 Å². The van der Waals surface area contributed by atoms with E-state index in [1.165, 1.54) is 0 Å². The summed E-state index contributed by atoms with van der Waals surface area (Å²) in [6, 6.07) is 0. The van der Waals surface area contributed by atoms with E-state index in [0.29, 0.717) is 12.8 Å². The SMILES string of the molecule is C[C@@H]1[C@@H]2C[C@H](C(C)(O)CO)CC[C@@](C)(O)[C@@H]2C[C@H]1O. The van der Waals surface area contributed by atoms with Gasteiger partial charge in [-0.15, -0.1) is 0 Å². The van der Waals surface area contributed by atoms with Gasteiger partial charge in [0, 0.05) is 0 Å². The predicted molar refractivity (Wildman–Crippen MR) is 72.4 cm³/mol. The van der Waals surface area contributed by atoms with Crippen LogP contribution in [0.4, 0.5) is 0 Å². The van der Waals surface area contributed by atoms with Crippen molar-refractivity contribution in [3.05, 3.63) is 0 Å². The van der Waals surface area contributed by atoms with Gasteiger partial charge in [-0.25, -0.2) is 0 Å². The molecule has 7 atom stereocenters. The molecule has 0 aromatic rings. The van der Waals surface area contributed by atoms with E-state index in [-0.39, 0.29) is 36.4 Å². The van der Waals surface area contributed by atoms with Crippen LogP contribution in [-0.2, 0) is 0 Å². The molecule has 0 saturated heterocycles. The highest BCUT2D eigenvalue weighted by Crippen LogP contribution is 2.51. The van der Waals surface area contributed by atoms with Crippen LogP contribution in [0.25, 0.3) is 0 Å².